The van der Waals surface area contributed by atoms with Crippen LogP contribution in [0.2, 0.25) is 0 Å². The zero-order valence-corrected chi connectivity index (χ0v) is 11.6. The molecule has 0 radical (unpaired) electrons. The summed E-state index contributed by atoms with van der Waals surface area (Å²) in [5.41, 5.74) is 0.0604. The summed E-state index contributed by atoms with van der Waals surface area (Å²) in [5, 5.41) is 29.2. The van der Waals surface area contributed by atoms with Gasteiger partial charge >= 0.3 is 5.97 Å². The number of nitrogens with zero attached hydrogens (tertiary/aromatic N) is 1. The molecule has 0 aromatic heterocycles. The highest BCUT2D eigenvalue weighted by Crippen LogP contribution is 2.34. The lowest BCUT2D eigenvalue weighted by Crippen LogP contribution is -2.15. The molecule has 1 aromatic rings. The van der Waals surface area contributed by atoms with Crippen molar-refractivity contribution in [3.8, 4) is 0 Å². The van der Waals surface area contributed by atoms with E-state index in [0.29, 0.717) is 10.5 Å². The highest BCUT2D eigenvalue weighted by Gasteiger charge is 2.21. The lowest BCUT2D eigenvalue weighted by atomic mass is 10.1. The maximum absolute atomic E-state index is 11.0. The van der Waals surface area contributed by atoms with E-state index in [0.717, 1.165) is 6.07 Å². The van der Waals surface area contributed by atoms with Gasteiger partial charge in [0.15, 0.2) is 0 Å². The maximum Gasteiger partial charge on any atom is 0.335 e. The first kappa shape index (κ1) is 15.5. The number of hydrogen-bond donors (Lipinski definition) is 2. The SMILES string of the molecule is Cc1c(SC(C)C(C)O)cc(C(=O)O)cc1[N+](=O)[O-]. The predicted octanol–water partition coefficient (Wildman–Crippen LogP) is 2.46. The molecule has 0 heterocycles. The van der Waals surface area contributed by atoms with E-state index >= 15 is 0 Å². The van der Waals surface area contributed by atoms with Crippen LogP contribution in [0.5, 0.6) is 0 Å². The lowest BCUT2D eigenvalue weighted by Gasteiger charge is -2.16. The van der Waals surface area contributed by atoms with Gasteiger partial charge in [0.25, 0.3) is 5.69 Å². The number of nitro groups is 1. The van der Waals surface area contributed by atoms with E-state index < -0.39 is 17.0 Å². The van der Waals surface area contributed by atoms with Crippen LogP contribution in [0.25, 0.3) is 0 Å². The Morgan fingerprint density at radius 2 is 2.00 bits per heavy atom. The molecule has 0 bridgehead atoms. The monoisotopic (exact) mass is 285 g/mol. The summed E-state index contributed by atoms with van der Waals surface area (Å²) < 4.78 is 0. The van der Waals surface area contributed by atoms with Crippen LogP contribution in [0.1, 0.15) is 29.8 Å². The van der Waals surface area contributed by atoms with Crippen molar-refractivity contribution in [2.45, 2.75) is 37.0 Å². The van der Waals surface area contributed by atoms with Gasteiger partial charge in [-0.2, -0.15) is 0 Å². The molecule has 6 nitrogen and oxygen atoms in total. The standard InChI is InChI=1S/C12H15NO5S/c1-6-10(13(17)18)4-9(12(15)16)5-11(6)19-8(3)7(2)14/h4-5,7-8,14H,1-3H3,(H,15,16). The zero-order valence-electron chi connectivity index (χ0n) is 10.8. The lowest BCUT2D eigenvalue weighted by molar-refractivity contribution is -0.385. The van der Waals surface area contributed by atoms with E-state index in [-0.39, 0.29) is 16.5 Å². The molecule has 0 spiro atoms. The number of carboxylic acids is 1. The predicted molar refractivity (Wildman–Crippen MR) is 71.8 cm³/mol. The summed E-state index contributed by atoms with van der Waals surface area (Å²) in [4.78, 5) is 21.8. The van der Waals surface area contributed by atoms with E-state index in [1.165, 1.54) is 17.8 Å². The minimum atomic E-state index is -1.21. The van der Waals surface area contributed by atoms with Crippen molar-refractivity contribution in [2.24, 2.45) is 0 Å². The van der Waals surface area contributed by atoms with Crippen molar-refractivity contribution in [3.05, 3.63) is 33.4 Å². The molecule has 7 heteroatoms. The molecule has 2 unspecified atom stereocenters. The number of aliphatic hydroxyl groups excluding tert-OH is 1. The first-order chi connectivity index (χ1) is 8.73. The van der Waals surface area contributed by atoms with Gasteiger partial charge in [0, 0.05) is 21.8 Å². The summed E-state index contributed by atoms with van der Waals surface area (Å²) >= 11 is 1.22. The van der Waals surface area contributed by atoms with Gasteiger partial charge < -0.3 is 10.2 Å². The Labute approximate surface area is 114 Å². The maximum atomic E-state index is 11.0. The number of carbonyl (C=O) groups is 1. The van der Waals surface area contributed by atoms with Crippen molar-refractivity contribution in [1.29, 1.82) is 0 Å². The Kier molecular flexibility index (Phi) is 4.90. The summed E-state index contributed by atoms with van der Waals surface area (Å²) in [6, 6.07) is 2.45. The van der Waals surface area contributed by atoms with Crippen molar-refractivity contribution in [3.63, 3.8) is 0 Å². The van der Waals surface area contributed by atoms with Gasteiger partial charge in [-0.15, -0.1) is 11.8 Å². The minimum absolute atomic E-state index is 0.127. The van der Waals surface area contributed by atoms with E-state index in [9.17, 15) is 20.0 Å². The second-order valence-electron chi connectivity index (χ2n) is 4.24. The van der Waals surface area contributed by atoms with Gasteiger partial charge in [-0.25, -0.2) is 4.79 Å². The van der Waals surface area contributed by atoms with Crippen LogP contribution in [-0.2, 0) is 0 Å². The average Bonchev–Trinajstić information content (AvgIpc) is 2.30. The van der Waals surface area contributed by atoms with Crippen LogP contribution in [0.3, 0.4) is 0 Å². The third-order valence-corrected chi connectivity index (χ3v) is 4.21. The molecular formula is C12H15NO5S. The number of thioether (sulfide) groups is 1. The number of carboxylic acid groups (broad SMARTS) is 1. The number of benzene rings is 1. The summed E-state index contributed by atoms with van der Waals surface area (Å²) in [7, 11) is 0. The van der Waals surface area contributed by atoms with Gasteiger partial charge in [0.05, 0.1) is 16.6 Å². The summed E-state index contributed by atoms with van der Waals surface area (Å²) in [6.45, 7) is 4.96. The van der Waals surface area contributed by atoms with Crippen LogP contribution in [0, 0.1) is 17.0 Å². The van der Waals surface area contributed by atoms with Crippen LogP contribution >= 0.6 is 11.8 Å². The molecule has 2 atom stereocenters. The second-order valence-corrected chi connectivity index (χ2v) is 5.66. The topological polar surface area (TPSA) is 101 Å². The number of hydrogen-bond acceptors (Lipinski definition) is 5. The fraction of sp³-hybridized carbons (Fsp3) is 0.417. The van der Waals surface area contributed by atoms with E-state index in [1.54, 1.807) is 20.8 Å². The minimum Gasteiger partial charge on any atom is -0.478 e. The quantitative estimate of drug-likeness (QED) is 0.489. The molecule has 0 aliphatic rings. The second kappa shape index (κ2) is 6.03. The molecule has 0 amide bonds. The molecule has 0 aliphatic carbocycles. The molecule has 104 valence electrons. The first-order valence-corrected chi connectivity index (χ1v) is 6.49. The highest BCUT2D eigenvalue weighted by atomic mass is 32.2. The Hall–Kier alpha value is -1.60. The van der Waals surface area contributed by atoms with Crippen molar-refractivity contribution < 1.29 is 19.9 Å². The smallest absolute Gasteiger partial charge is 0.335 e. The third-order valence-electron chi connectivity index (χ3n) is 2.77. The van der Waals surface area contributed by atoms with Crippen LogP contribution in [0.15, 0.2) is 17.0 Å². The van der Waals surface area contributed by atoms with Gasteiger partial charge in [0.1, 0.15) is 0 Å². The van der Waals surface area contributed by atoms with Crippen molar-refractivity contribution >= 4 is 23.4 Å². The largest absolute Gasteiger partial charge is 0.478 e. The normalized spacial score (nSPS) is 13.9. The Morgan fingerprint density at radius 1 is 1.42 bits per heavy atom. The average molecular weight is 285 g/mol. The molecule has 1 aromatic carbocycles. The van der Waals surface area contributed by atoms with Crippen molar-refractivity contribution in [1.82, 2.24) is 0 Å². The van der Waals surface area contributed by atoms with Gasteiger partial charge in [-0.3, -0.25) is 10.1 Å². The van der Waals surface area contributed by atoms with Gasteiger partial charge in [-0.1, -0.05) is 6.92 Å². The van der Waals surface area contributed by atoms with E-state index in [1.807, 2.05) is 0 Å². The number of nitro benzene ring substituents is 1. The first-order valence-electron chi connectivity index (χ1n) is 5.61. The van der Waals surface area contributed by atoms with E-state index in [2.05, 4.69) is 0 Å². The molecular weight excluding hydrogens is 270 g/mol. The highest BCUT2D eigenvalue weighted by molar-refractivity contribution is 8.00. The van der Waals surface area contributed by atoms with Crippen LogP contribution in [-0.4, -0.2) is 32.5 Å². The molecule has 1 rings (SSSR count). The molecule has 2 N–H and O–H groups in total. The Bertz CT molecular complexity index is 515. The molecule has 0 saturated carbocycles. The summed E-state index contributed by atoms with van der Waals surface area (Å²) in [5.74, 6) is -1.21. The van der Waals surface area contributed by atoms with Gasteiger partial charge in [-0.05, 0) is 19.9 Å². The molecule has 0 fully saturated rings. The Morgan fingerprint density at radius 3 is 2.42 bits per heavy atom. The Balaban J connectivity index is 3.29. The number of rotatable bonds is 5. The molecule has 19 heavy (non-hydrogen) atoms. The van der Waals surface area contributed by atoms with Crippen LogP contribution in [0.4, 0.5) is 5.69 Å². The number of aliphatic hydroxyl groups is 1. The van der Waals surface area contributed by atoms with E-state index in [4.69, 9.17) is 5.11 Å². The van der Waals surface area contributed by atoms with Crippen molar-refractivity contribution in [2.75, 3.05) is 0 Å². The summed E-state index contributed by atoms with van der Waals surface area (Å²) in [6.07, 6.45) is -0.600. The zero-order chi connectivity index (χ0) is 14.7. The third kappa shape index (κ3) is 3.68. The molecule has 0 saturated heterocycles. The van der Waals surface area contributed by atoms with Crippen LogP contribution < -0.4 is 0 Å². The number of aromatic carboxylic acids is 1. The van der Waals surface area contributed by atoms with Gasteiger partial charge in [0.2, 0.25) is 0 Å². The fourth-order valence-electron chi connectivity index (χ4n) is 1.41. The fourth-order valence-corrected chi connectivity index (χ4v) is 2.48. The molecule has 0 aliphatic heterocycles.